The predicted molar refractivity (Wildman–Crippen MR) is 39.5 cm³/mol. The lowest BCUT2D eigenvalue weighted by molar-refractivity contribution is -0.104. The molecule has 2 aliphatic rings. The van der Waals surface area contributed by atoms with E-state index >= 15 is 0 Å². The Morgan fingerprint density at radius 2 is 2.10 bits per heavy atom. The molecule has 0 aromatic rings. The van der Waals surface area contributed by atoms with E-state index in [0.717, 1.165) is 23.0 Å². The first kappa shape index (κ1) is 5.42. The molecule has 0 aromatic carbocycles. The first-order valence-corrected chi connectivity index (χ1v) is 3.17. The SMILES string of the molecule is O=CC1=CC2=CC=CC2=C1. The van der Waals surface area contributed by atoms with E-state index in [9.17, 15) is 4.79 Å². The minimum atomic E-state index is 0.769. The summed E-state index contributed by atoms with van der Waals surface area (Å²) in [7, 11) is 0. The summed E-state index contributed by atoms with van der Waals surface area (Å²) in [6.07, 6.45) is 10.6. The molecule has 0 amide bonds. The monoisotopic (exact) mass is 130 g/mol. The van der Waals surface area contributed by atoms with Gasteiger partial charge in [-0.15, -0.1) is 0 Å². The largest absolute Gasteiger partial charge is 0.298 e. The molecule has 0 aromatic heterocycles. The molecule has 48 valence electrons. The highest BCUT2D eigenvalue weighted by Crippen LogP contribution is 2.27. The first-order valence-electron chi connectivity index (χ1n) is 3.17. The molecule has 0 heterocycles. The van der Waals surface area contributed by atoms with Crippen molar-refractivity contribution >= 4 is 6.29 Å². The maximum absolute atomic E-state index is 10.3. The van der Waals surface area contributed by atoms with E-state index in [4.69, 9.17) is 0 Å². The maximum Gasteiger partial charge on any atom is 0.150 e. The average molecular weight is 130 g/mol. The Morgan fingerprint density at radius 3 is 2.80 bits per heavy atom. The Hall–Kier alpha value is -1.37. The van der Waals surface area contributed by atoms with Crippen molar-refractivity contribution in [3.05, 3.63) is 47.1 Å². The summed E-state index contributed by atoms with van der Waals surface area (Å²) in [6, 6.07) is 0. The van der Waals surface area contributed by atoms with Crippen LogP contribution in [0.3, 0.4) is 0 Å². The van der Waals surface area contributed by atoms with Crippen molar-refractivity contribution in [1.82, 2.24) is 0 Å². The van der Waals surface area contributed by atoms with Gasteiger partial charge in [0.1, 0.15) is 6.29 Å². The zero-order valence-electron chi connectivity index (χ0n) is 5.37. The summed E-state index contributed by atoms with van der Waals surface area (Å²) < 4.78 is 0. The Labute approximate surface area is 59.1 Å². The van der Waals surface area contributed by atoms with Crippen molar-refractivity contribution in [3.63, 3.8) is 0 Å². The van der Waals surface area contributed by atoms with Gasteiger partial charge in [-0.2, -0.15) is 0 Å². The number of aldehydes is 1. The van der Waals surface area contributed by atoms with E-state index < -0.39 is 0 Å². The van der Waals surface area contributed by atoms with E-state index in [0.29, 0.717) is 0 Å². The molecule has 0 unspecified atom stereocenters. The zero-order chi connectivity index (χ0) is 6.97. The summed E-state index contributed by atoms with van der Waals surface area (Å²) in [5.74, 6) is 0. The first-order chi connectivity index (χ1) is 4.90. The Balaban J connectivity index is 2.46. The van der Waals surface area contributed by atoms with Gasteiger partial charge >= 0.3 is 0 Å². The topological polar surface area (TPSA) is 17.1 Å². The van der Waals surface area contributed by atoms with Crippen LogP contribution < -0.4 is 0 Å². The molecule has 0 atom stereocenters. The molecular weight excluding hydrogens is 124 g/mol. The number of carbonyl (C=O) groups excluding carboxylic acids is 1. The second-order valence-corrected chi connectivity index (χ2v) is 2.34. The van der Waals surface area contributed by atoms with Gasteiger partial charge in [-0.3, -0.25) is 4.79 Å². The molecule has 0 N–H and O–H groups in total. The summed E-state index contributed by atoms with van der Waals surface area (Å²) in [5.41, 5.74) is 3.08. The van der Waals surface area contributed by atoms with Crippen molar-refractivity contribution in [2.75, 3.05) is 0 Å². The molecule has 0 aliphatic heterocycles. The molecule has 0 bridgehead atoms. The van der Waals surface area contributed by atoms with Crippen LogP contribution in [-0.2, 0) is 4.79 Å². The fourth-order valence-electron chi connectivity index (χ4n) is 1.18. The Morgan fingerprint density at radius 1 is 1.20 bits per heavy atom. The van der Waals surface area contributed by atoms with Gasteiger partial charge in [0.2, 0.25) is 0 Å². The van der Waals surface area contributed by atoms with E-state index in [1.807, 2.05) is 30.4 Å². The van der Waals surface area contributed by atoms with Gasteiger partial charge in [0.05, 0.1) is 0 Å². The Kier molecular flexibility index (Phi) is 0.978. The molecule has 0 saturated heterocycles. The second kappa shape index (κ2) is 1.81. The lowest BCUT2D eigenvalue weighted by Gasteiger charge is -1.85. The molecule has 2 aliphatic carbocycles. The van der Waals surface area contributed by atoms with Crippen LogP contribution in [0.15, 0.2) is 47.1 Å². The van der Waals surface area contributed by atoms with Crippen LogP contribution in [-0.4, -0.2) is 6.29 Å². The lowest BCUT2D eigenvalue weighted by Crippen LogP contribution is -1.71. The molecule has 0 fully saturated rings. The van der Waals surface area contributed by atoms with Gasteiger partial charge in [0, 0.05) is 5.57 Å². The number of hydrogen-bond acceptors (Lipinski definition) is 1. The summed E-state index contributed by atoms with van der Waals surface area (Å²) in [6.45, 7) is 0. The van der Waals surface area contributed by atoms with Gasteiger partial charge in [-0.05, 0) is 23.3 Å². The van der Waals surface area contributed by atoms with Gasteiger partial charge in [-0.25, -0.2) is 0 Å². The zero-order valence-corrected chi connectivity index (χ0v) is 5.37. The van der Waals surface area contributed by atoms with E-state index in [2.05, 4.69) is 0 Å². The van der Waals surface area contributed by atoms with Gasteiger partial charge in [0.15, 0.2) is 0 Å². The summed E-state index contributed by atoms with van der Waals surface area (Å²) in [4.78, 5) is 10.3. The van der Waals surface area contributed by atoms with Crippen LogP contribution in [0.2, 0.25) is 0 Å². The summed E-state index contributed by atoms with van der Waals surface area (Å²) >= 11 is 0. The van der Waals surface area contributed by atoms with Crippen LogP contribution in [0.1, 0.15) is 0 Å². The highest BCUT2D eigenvalue weighted by atomic mass is 16.1. The van der Waals surface area contributed by atoms with E-state index in [-0.39, 0.29) is 0 Å². The van der Waals surface area contributed by atoms with Crippen LogP contribution >= 0.6 is 0 Å². The van der Waals surface area contributed by atoms with Crippen LogP contribution in [0, 0.1) is 0 Å². The minimum absolute atomic E-state index is 0.769. The van der Waals surface area contributed by atoms with Crippen LogP contribution in [0.5, 0.6) is 0 Å². The van der Waals surface area contributed by atoms with Crippen molar-refractivity contribution in [1.29, 1.82) is 0 Å². The highest BCUT2D eigenvalue weighted by Gasteiger charge is 2.10. The molecule has 1 nitrogen and oxygen atoms in total. The number of fused-ring (bicyclic) bond motifs is 1. The molecule has 0 spiro atoms. The standard InChI is InChI=1S/C9H6O/c10-6-7-4-8-2-1-3-9(8)5-7/h1-6H. The number of rotatable bonds is 1. The molecule has 1 heteroatoms. The van der Waals surface area contributed by atoms with Gasteiger partial charge < -0.3 is 0 Å². The third kappa shape index (κ3) is 0.605. The van der Waals surface area contributed by atoms with Crippen LogP contribution in [0.25, 0.3) is 0 Å². The van der Waals surface area contributed by atoms with Crippen molar-refractivity contribution in [3.8, 4) is 0 Å². The minimum Gasteiger partial charge on any atom is -0.298 e. The second-order valence-electron chi connectivity index (χ2n) is 2.34. The lowest BCUT2D eigenvalue weighted by atomic mass is 10.2. The third-order valence-electron chi connectivity index (χ3n) is 1.67. The number of carbonyl (C=O) groups is 1. The highest BCUT2D eigenvalue weighted by molar-refractivity contribution is 5.84. The van der Waals surface area contributed by atoms with Crippen LogP contribution in [0.4, 0.5) is 0 Å². The number of allylic oxidation sites excluding steroid dienone is 8. The quantitative estimate of drug-likeness (QED) is 0.492. The van der Waals surface area contributed by atoms with Crippen molar-refractivity contribution in [2.24, 2.45) is 0 Å². The van der Waals surface area contributed by atoms with E-state index in [1.165, 1.54) is 0 Å². The molecular formula is C9H6O. The third-order valence-corrected chi connectivity index (χ3v) is 1.67. The fraction of sp³-hybridized carbons (Fsp3) is 0. The maximum atomic E-state index is 10.3. The smallest absolute Gasteiger partial charge is 0.150 e. The summed E-state index contributed by atoms with van der Waals surface area (Å²) in [5, 5.41) is 0. The molecule has 2 rings (SSSR count). The van der Waals surface area contributed by atoms with Crippen molar-refractivity contribution < 1.29 is 4.79 Å². The van der Waals surface area contributed by atoms with E-state index in [1.54, 1.807) is 0 Å². The predicted octanol–water partition coefficient (Wildman–Crippen LogP) is 1.55. The number of hydrogen-bond donors (Lipinski definition) is 0. The van der Waals surface area contributed by atoms with Crippen molar-refractivity contribution in [2.45, 2.75) is 0 Å². The average Bonchev–Trinajstić information content (AvgIpc) is 2.42. The molecule has 0 radical (unpaired) electrons. The van der Waals surface area contributed by atoms with Gasteiger partial charge in [-0.1, -0.05) is 18.2 Å². The Bertz CT molecular complexity index is 301. The normalized spacial score (nSPS) is 19.8. The molecule has 0 saturated carbocycles. The fourth-order valence-corrected chi connectivity index (χ4v) is 1.18. The molecule has 10 heavy (non-hydrogen) atoms. The van der Waals surface area contributed by atoms with Gasteiger partial charge in [0.25, 0.3) is 0 Å².